The van der Waals surface area contributed by atoms with Gasteiger partial charge in [-0.2, -0.15) is 4.98 Å². The molecule has 4 heterocycles. The molecule has 0 radical (unpaired) electrons. The highest BCUT2D eigenvalue weighted by atomic mass is 35.5. The molecule has 5 atom stereocenters. The fourth-order valence-corrected chi connectivity index (χ4v) is 6.68. The van der Waals surface area contributed by atoms with Gasteiger partial charge in [-0.05, 0) is 43.7 Å². The number of nitrogens with two attached hydrogens (primary N) is 1. The summed E-state index contributed by atoms with van der Waals surface area (Å²) in [6, 6.07) is 1.97. The largest absolute Gasteiger partial charge is 0.610 e. The van der Waals surface area contributed by atoms with Crippen molar-refractivity contribution >= 4 is 50.5 Å². The summed E-state index contributed by atoms with van der Waals surface area (Å²) in [5, 5.41) is 1.26. The van der Waals surface area contributed by atoms with Gasteiger partial charge in [-0.1, -0.05) is 18.5 Å². The molecular weight excluding hydrogens is 465 g/mol. The van der Waals surface area contributed by atoms with Crippen molar-refractivity contribution in [3.63, 3.8) is 0 Å². The Balaban J connectivity index is 1.90. The zero-order valence-corrected chi connectivity index (χ0v) is 20.4. The monoisotopic (exact) mass is 491 g/mol. The number of hydrogen-bond acceptors (Lipinski definition) is 5. The summed E-state index contributed by atoms with van der Waals surface area (Å²) in [6.07, 6.45) is 5.81. The average molecular weight is 492 g/mol. The first-order valence-electron chi connectivity index (χ1n) is 11.2. The lowest BCUT2D eigenvalue weighted by Gasteiger charge is -2.45. The normalized spacial score (nSPS) is 26.2. The topological polar surface area (TPSA) is 100 Å². The van der Waals surface area contributed by atoms with Crippen LogP contribution in [0.3, 0.4) is 0 Å². The quantitative estimate of drug-likeness (QED) is 0.440. The molecule has 5 rings (SSSR count). The van der Waals surface area contributed by atoms with Gasteiger partial charge in [0.15, 0.2) is 11.0 Å². The van der Waals surface area contributed by atoms with E-state index in [4.69, 9.17) is 17.3 Å². The van der Waals surface area contributed by atoms with Crippen LogP contribution in [0.4, 0.5) is 4.39 Å². The standard InChI is InChI=1S/C23H27ClFN5O2S/c1-11-7-13(9-26)20(11)30-17(16-5-4-6-29(16)12(2)31)8-14-21(30)15-10-27-22(24)18(25)19(15)28-23(14)33(3)32/h8,10-11,13,16,20H,4-7,9,26H2,1-3H3/t11-,13+,16+,20+,33?/m0/s1. The minimum absolute atomic E-state index is 0.0214. The van der Waals surface area contributed by atoms with Crippen molar-refractivity contribution in [2.24, 2.45) is 17.6 Å². The molecule has 1 saturated heterocycles. The van der Waals surface area contributed by atoms with Crippen LogP contribution in [0.1, 0.15) is 50.9 Å². The first-order chi connectivity index (χ1) is 15.7. The molecule has 7 nitrogen and oxygen atoms in total. The van der Waals surface area contributed by atoms with Gasteiger partial charge in [0.25, 0.3) is 5.03 Å². The molecule has 3 aromatic heterocycles. The number of aromatic nitrogens is 3. The highest BCUT2D eigenvalue weighted by Gasteiger charge is 2.43. The molecule has 0 bridgehead atoms. The second-order valence-corrected chi connectivity index (χ2v) is 10.9. The number of carbonyl (C=O) groups excluding carboxylic acids is 1. The molecule has 1 aliphatic heterocycles. The van der Waals surface area contributed by atoms with Crippen molar-refractivity contribution in [3.05, 3.63) is 28.9 Å². The molecule has 1 amide bonds. The number of nitrogens with zero attached hydrogens (tertiary/aromatic N) is 4. The molecule has 176 valence electrons. The van der Waals surface area contributed by atoms with E-state index in [2.05, 4.69) is 21.5 Å². The van der Waals surface area contributed by atoms with E-state index in [1.165, 1.54) is 12.5 Å². The zero-order chi connectivity index (χ0) is 23.6. The number of hydrogen-bond donors (Lipinski definition) is 1. The summed E-state index contributed by atoms with van der Waals surface area (Å²) in [5.41, 5.74) is 7.89. The van der Waals surface area contributed by atoms with Crippen molar-refractivity contribution in [1.29, 1.82) is 0 Å². The molecule has 1 unspecified atom stereocenters. The van der Waals surface area contributed by atoms with Gasteiger partial charge in [0, 0.05) is 48.0 Å². The SMILES string of the molecule is CC(=O)N1CCC[C@@H]1c1cc2c([S+](C)[O-])nc3c(F)c(Cl)ncc3c2n1[C@H]1[C@@H](CN)C[C@@H]1C. The maximum atomic E-state index is 15.1. The lowest BCUT2D eigenvalue weighted by molar-refractivity contribution is -0.129. The summed E-state index contributed by atoms with van der Waals surface area (Å²) in [6.45, 7) is 5.00. The Morgan fingerprint density at radius 3 is 2.82 bits per heavy atom. The van der Waals surface area contributed by atoms with Crippen molar-refractivity contribution in [2.75, 3.05) is 19.3 Å². The second-order valence-electron chi connectivity index (χ2n) is 9.27. The van der Waals surface area contributed by atoms with Crippen LogP contribution >= 0.6 is 11.6 Å². The number of amides is 1. The molecule has 1 aliphatic carbocycles. The van der Waals surface area contributed by atoms with E-state index in [0.29, 0.717) is 34.8 Å². The van der Waals surface area contributed by atoms with Crippen LogP contribution in [0.15, 0.2) is 17.3 Å². The molecule has 0 aromatic carbocycles. The number of pyridine rings is 2. The van der Waals surface area contributed by atoms with E-state index in [-0.39, 0.29) is 34.6 Å². The predicted octanol–water partition coefficient (Wildman–Crippen LogP) is 3.95. The molecule has 2 fully saturated rings. The Hall–Kier alpha value is -1.94. The summed E-state index contributed by atoms with van der Waals surface area (Å²) >= 11 is 4.51. The number of halogens is 2. The van der Waals surface area contributed by atoms with Crippen LogP contribution < -0.4 is 5.73 Å². The third-order valence-electron chi connectivity index (χ3n) is 7.33. The molecule has 2 aliphatic rings. The fraction of sp³-hybridized carbons (Fsp3) is 0.522. The van der Waals surface area contributed by atoms with E-state index >= 15 is 4.39 Å². The average Bonchev–Trinajstić information content (AvgIpc) is 3.39. The Kier molecular flexibility index (Phi) is 5.79. The van der Waals surface area contributed by atoms with Crippen molar-refractivity contribution in [2.45, 2.75) is 50.2 Å². The van der Waals surface area contributed by atoms with Crippen molar-refractivity contribution in [3.8, 4) is 0 Å². The van der Waals surface area contributed by atoms with Gasteiger partial charge in [-0.3, -0.25) is 4.79 Å². The summed E-state index contributed by atoms with van der Waals surface area (Å²) in [4.78, 5) is 22.8. The lowest BCUT2D eigenvalue weighted by Crippen LogP contribution is -2.42. The van der Waals surface area contributed by atoms with Gasteiger partial charge in [-0.15, -0.1) is 0 Å². The number of rotatable bonds is 4. The third-order valence-corrected chi connectivity index (χ3v) is 8.45. The van der Waals surface area contributed by atoms with E-state index in [1.54, 1.807) is 6.92 Å². The van der Waals surface area contributed by atoms with Gasteiger partial charge >= 0.3 is 0 Å². The highest BCUT2D eigenvalue weighted by molar-refractivity contribution is 7.90. The van der Waals surface area contributed by atoms with Crippen molar-refractivity contribution in [1.82, 2.24) is 19.4 Å². The van der Waals surface area contributed by atoms with Crippen LogP contribution in [-0.4, -0.2) is 49.2 Å². The predicted molar refractivity (Wildman–Crippen MR) is 127 cm³/mol. The molecular formula is C23H27ClFN5O2S. The first kappa shape index (κ1) is 22.8. The van der Waals surface area contributed by atoms with Crippen LogP contribution in [0.25, 0.3) is 21.8 Å². The van der Waals surface area contributed by atoms with E-state index < -0.39 is 17.0 Å². The molecule has 33 heavy (non-hydrogen) atoms. The van der Waals surface area contributed by atoms with Crippen LogP contribution in [0.2, 0.25) is 5.15 Å². The van der Waals surface area contributed by atoms with Gasteiger partial charge < -0.3 is 19.8 Å². The molecule has 2 N–H and O–H groups in total. The highest BCUT2D eigenvalue weighted by Crippen LogP contribution is 2.50. The number of carbonyl (C=O) groups is 1. The van der Waals surface area contributed by atoms with Gasteiger partial charge in [-0.25, -0.2) is 9.37 Å². The summed E-state index contributed by atoms with van der Waals surface area (Å²) < 4.78 is 30.0. The number of fused-ring (bicyclic) bond motifs is 3. The van der Waals surface area contributed by atoms with E-state index in [0.717, 1.165) is 30.5 Å². The van der Waals surface area contributed by atoms with Crippen LogP contribution in [0.5, 0.6) is 0 Å². The Bertz CT molecular complexity index is 1270. The second kappa shape index (κ2) is 8.37. The van der Waals surface area contributed by atoms with E-state index in [1.807, 2.05) is 11.0 Å². The fourth-order valence-electron chi connectivity index (χ4n) is 5.86. The molecule has 0 spiro atoms. The maximum absolute atomic E-state index is 15.1. The summed E-state index contributed by atoms with van der Waals surface area (Å²) in [7, 11) is 0. The zero-order valence-electron chi connectivity index (χ0n) is 18.8. The van der Waals surface area contributed by atoms with Crippen LogP contribution in [0, 0.1) is 17.7 Å². The third kappa shape index (κ3) is 3.43. The van der Waals surface area contributed by atoms with Gasteiger partial charge in [0.2, 0.25) is 5.91 Å². The molecule has 10 heteroatoms. The van der Waals surface area contributed by atoms with Crippen molar-refractivity contribution < 1.29 is 13.7 Å². The Morgan fingerprint density at radius 2 is 2.18 bits per heavy atom. The summed E-state index contributed by atoms with van der Waals surface area (Å²) in [5.74, 6) is -0.0946. The minimum atomic E-state index is -1.46. The Morgan fingerprint density at radius 1 is 1.42 bits per heavy atom. The Labute approximate surface area is 199 Å². The lowest BCUT2D eigenvalue weighted by atomic mass is 9.70. The molecule has 3 aromatic rings. The van der Waals surface area contributed by atoms with Gasteiger partial charge in [0.1, 0.15) is 11.8 Å². The molecule has 1 saturated carbocycles. The minimum Gasteiger partial charge on any atom is -0.610 e. The van der Waals surface area contributed by atoms with E-state index in [9.17, 15) is 9.35 Å². The maximum Gasteiger partial charge on any atom is 0.254 e. The van der Waals surface area contributed by atoms with Gasteiger partial charge in [0.05, 0.1) is 16.9 Å². The number of likely N-dealkylation sites (tertiary alicyclic amines) is 1. The first-order valence-corrected chi connectivity index (χ1v) is 13.2. The smallest absolute Gasteiger partial charge is 0.254 e. The van der Waals surface area contributed by atoms with Crippen LogP contribution in [-0.2, 0) is 16.0 Å².